The Labute approximate surface area is 201 Å². The summed E-state index contributed by atoms with van der Waals surface area (Å²) in [5.41, 5.74) is 4.19. The molecule has 0 aromatic heterocycles. The van der Waals surface area contributed by atoms with Crippen LogP contribution in [0.1, 0.15) is 32.6 Å². The molecule has 4 aliphatic heterocycles. The molecule has 8 nitrogen and oxygen atoms in total. The molecule has 0 atom stereocenters. The first kappa shape index (κ1) is 20.2. The third kappa shape index (κ3) is 3.37. The number of ketones is 1. The molecule has 0 saturated carbocycles. The lowest BCUT2D eigenvalue weighted by Crippen LogP contribution is -2.31. The maximum Gasteiger partial charge on any atom is 0.232 e. The fraction of sp³-hybridized carbons (Fsp3) is 0.222. The Balaban J connectivity index is 1.17. The largest absolute Gasteiger partial charge is 0.478 e. The fourth-order valence-electron chi connectivity index (χ4n) is 4.83. The van der Waals surface area contributed by atoms with Crippen LogP contribution in [-0.2, 0) is 13.1 Å². The van der Waals surface area contributed by atoms with Gasteiger partial charge in [-0.15, -0.1) is 0 Å². The predicted molar refractivity (Wildman–Crippen MR) is 124 cm³/mol. The second-order valence-corrected chi connectivity index (χ2v) is 8.87. The van der Waals surface area contributed by atoms with E-state index in [1.165, 1.54) is 0 Å². The molecule has 4 aliphatic rings. The topological polar surface area (TPSA) is 75.7 Å². The highest BCUT2D eigenvalue weighted by Crippen LogP contribution is 2.44. The van der Waals surface area contributed by atoms with E-state index in [1.807, 2.05) is 49.4 Å². The van der Waals surface area contributed by atoms with Crippen LogP contribution in [-0.4, -0.2) is 31.0 Å². The zero-order valence-corrected chi connectivity index (χ0v) is 19.0. The maximum absolute atomic E-state index is 13.3. The van der Waals surface area contributed by atoms with Gasteiger partial charge in [0, 0.05) is 13.1 Å². The number of Topliss-reactive ketones (excluding diaryl/α,β-unsaturated/α-hetero) is 1. The van der Waals surface area contributed by atoms with Crippen LogP contribution >= 0.6 is 0 Å². The van der Waals surface area contributed by atoms with Crippen LogP contribution in [0.15, 0.2) is 48.2 Å². The number of aryl methyl sites for hydroxylation is 1. The zero-order valence-electron chi connectivity index (χ0n) is 19.0. The molecule has 176 valence electrons. The molecule has 3 aromatic rings. The van der Waals surface area contributed by atoms with E-state index in [-0.39, 0.29) is 25.1 Å². The normalized spacial score (nSPS) is 18.3. The molecular formula is C27H21NO7. The van der Waals surface area contributed by atoms with E-state index in [0.29, 0.717) is 42.6 Å². The second-order valence-electron chi connectivity index (χ2n) is 8.87. The van der Waals surface area contributed by atoms with E-state index in [1.54, 1.807) is 6.08 Å². The second kappa shape index (κ2) is 7.68. The summed E-state index contributed by atoms with van der Waals surface area (Å²) in [7, 11) is 0. The van der Waals surface area contributed by atoms with Crippen molar-refractivity contribution in [2.75, 3.05) is 20.3 Å². The van der Waals surface area contributed by atoms with Gasteiger partial charge in [-0.2, -0.15) is 0 Å². The van der Waals surface area contributed by atoms with Crippen LogP contribution in [0.4, 0.5) is 0 Å². The molecule has 35 heavy (non-hydrogen) atoms. The number of allylic oxidation sites excluding steroid dienone is 1. The fourth-order valence-corrected chi connectivity index (χ4v) is 4.83. The van der Waals surface area contributed by atoms with Crippen molar-refractivity contribution < 1.29 is 33.2 Å². The van der Waals surface area contributed by atoms with Gasteiger partial charge < -0.3 is 28.4 Å². The van der Waals surface area contributed by atoms with Crippen molar-refractivity contribution >= 4 is 11.9 Å². The molecule has 0 aliphatic carbocycles. The Morgan fingerprint density at radius 1 is 0.857 bits per heavy atom. The first-order chi connectivity index (χ1) is 17.1. The number of nitrogens with zero attached hydrogens (tertiary/aromatic N) is 1. The van der Waals surface area contributed by atoms with E-state index in [4.69, 9.17) is 28.4 Å². The molecule has 0 amide bonds. The predicted octanol–water partition coefficient (Wildman–Crippen LogP) is 4.42. The van der Waals surface area contributed by atoms with Crippen molar-refractivity contribution in [3.63, 3.8) is 0 Å². The standard InChI is InChI=1S/C27H21NO7/c1-15-6-21-18(11-28(12-30-21)10-17-3-5-20-23(9-17)34-14-32-20)27-25(15)26(29)24(35-27)8-16-2-4-19-22(7-16)33-13-31-19/h2-9H,10-14H2,1H3/b24-8-. The summed E-state index contributed by atoms with van der Waals surface area (Å²) in [5, 5.41) is 0. The molecule has 0 spiro atoms. The van der Waals surface area contributed by atoms with Crippen molar-refractivity contribution in [1.29, 1.82) is 0 Å². The van der Waals surface area contributed by atoms with E-state index in [9.17, 15) is 4.79 Å². The molecule has 0 bridgehead atoms. The van der Waals surface area contributed by atoms with Crippen molar-refractivity contribution in [3.8, 4) is 34.5 Å². The van der Waals surface area contributed by atoms with Crippen LogP contribution in [0.25, 0.3) is 6.08 Å². The van der Waals surface area contributed by atoms with Gasteiger partial charge in [-0.1, -0.05) is 12.1 Å². The number of carbonyl (C=O) groups excluding carboxylic acids is 1. The molecule has 0 radical (unpaired) electrons. The average Bonchev–Trinajstić information content (AvgIpc) is 3.58. The van der Waals surface area contributed by atoms with Gasteiger partial charge in [0.15, 0.2) is 28.8 Å². The lowest BCUT2D eigenvalue weighted by molar-refractivity contribution is 0.0871. The first-order valence-corrected chi connectivity index (χ1v) is 11.4. The Kier molecular flexibility index (Phi) is 4.44. The minimum atomic E-state index is -0.133. The molecule has 3 aromatic carbocycles. The van der Waals surface area contributed by atoms with Gasteiger partial charge >= 0.3 is 0 Å². The Morgan fingerprint density at radius 3 is 2.43 bits per heavy atom. The van der Waals surface area contributed by atoms with Gasteiger partial charge in [0.25, 0.3) is 0 Å². The van der Waals surface area contributed by atoms with E-state index < -0.39 is 0 Å². The van der Waals surface area contributed by atoms with Crippen molar-refractivity contribution in [3.05, 3.63) is 76.0 Å². The molecule has 8 heteroatoms. The van der Waals surface area contributed by atoms with Gasteiger partial charge in [0.05, 0.1) is 11.1 Å². The minimum absolute atomic E-state index is 0.133. The quantitative estimate of drug-likeness (QED) is 0.520. The smallest absolute Gasteiger partial charge is 0.232 e. The van der Waals surface area contributed by atoms with Crippen LogP contribution in [0, 0.1) is 6.92 Å². The van der Waals surface area contributed by atoms with Crippen LogP contribution in [0.3, 0.4) is 0 Å². The highest BCUT2D eigenvalue weighted by molar-refractivity contribution is 6.16. The number of hydrogen-bond donors (Lipinski definition) is 0. The monoisotopic (exact) mass is 471 g/mol. The molecule has 4 heterocycles. The van der Waals surface area contributed by atoms with Crippen LogP contribution in [0.5, 0.6) is 34.5 Å². The Morgan fingerprint density at radius 2 is 1.60 bits per heavy atom. The summed E-state index contributed by atoms with van der Waals surface area (Å²) in [6, 6.07) is 13.4. The number of ether oxygens (including phenoxy) is 6. The van der Waals surface area contributed by atoms with Gasteiger partial charge in [-0.05, 0) is 60.0 Å². The van der Waals surface area contributed by atoms with Crippen LogP contribution in [0.2, 0.25) is 0 Å². The maximum atomic E-state index is 13.3. The van der Waals surface area contributed by atoms with E-state index in [2.05, 4.69) is 4.90 Å². The summed E-state index contributed by atoms with van der Waals surface area (Å²) < 4.78 is 34.0. The molecule has 0 unspecified atom stereocenters. The molecule has 7 rings (SSSR count). The number of carbonyl (C=O) groups is 1. The van der Waals surface area contributed by atoms with Crippen LogP contribution < -0.4 is 28.4 Å². The summed E-state index contributed by atoms with van der Waals surface area (Å²) in [4.78, 5) is 15.4. The lowest BCUT2D eigenvalue weighted by Gasteiger charge is -2.30. The summed E-state index contributed by atoms with van der Waals surface area (Å²) in [6.07, 6.45) is 1.74. The Hall–Kier alpha value is -4.17. The van der Waals surface area contributed by atoms with Crippen molar-refractivity contribution in [1.82, 2.24) is 4.90 Å². The lowest BCUT2D eigenvalue weighted by atomic mass is 9.98. The summed E-state index contributed by atoms with van der Waals surface area (Å²) in [6.45, 7) is 4.05. The first-order valence-electron chi connectivity index (χ1n) is 11.4. The number of hydrogen-bond acceptors (Lipinski definition) is 8. The molecular weight excluding hydrogens is 450 g/mol. The number of rotatable bonds is 3. The molecule has 0 fully saturated rings. The van der Waals surface area contributed by atoms with E-state index in [0.717, 1.165) is 39.5 Å². The van der Waals surface area contributed by atoms with Gasteiger partial charge in [0.2, 0.25) is 19.4 Å². The zero-order chi connectivity index (χ0) is 23.5. The average molecular weight is 471 g/mol. The van der Waals surface area contributed by atoms with Gasteiger partial charge in [0.1, 0.15) is 18.2 Å². The third-order valence-electron chi connectivity index (χ3n) is 6.53. The highest BCUT2D eigenvalue weighted by atomic mass is 16.7. The van der Waals surface area contributed by atoms with E-state index >= 15 is 0 Å². The third-order valence-corrected chi connectivity index (χ3v) is 6.53. The molecule has 0 N–H and O–H groups in total. The van der Waals surface area contributed by atoms with Crippen molar-refractivity contribution in [2.45, 2.75) is 20.0 Å². The highest BCUT2D eigenvalue weighted by Gasteiger charge is 2.35. The SMILES string of the molecule is Cc1cc2c(c3c1C(=O)/C(=C/c1ccc4c(c1)OCO4)O3)CN(Cc1ccc3c(c1)OCO3)CO2. The van der Waals surface area contributed by atoms with Gasteiger partial charge in [-0.25, -0.2) is 0 Å². The number of fused-ring (bicyclic) bond motifs is 5. The molecule has 0 saturated heterocycles. The minimum Gasteiger partial charge on any atom is -0.478 e. The Bertz CT molecular complexity index is 1430. The van der Waals surface area contributed by atoms with Crippen molar-refractivity contribution in [2.24, 2.45) is 0 Å². The van der Waals surface area contributed by atoms with Gasteiger partial charge in [-0.3, -0.25) is 9.69 Å². The summed E-state index contributed by atoms with van der Waals surface area (Å²) in [5.74, 6) is 4.34. The summed E-state index contributed by atoms with van der Waals surface area (Å²) >= 11 is 0. The number of benzene rings is 3.